The molecule has 0 fully saturated rings. The van der Waals surface area contributed by atoms with Crippen LogP contribution in [0.5, 0.6) is 23.0 Å². The second kappa shape index (κ2) is 15.5. The molecule has 0 aliphatic heterocycles. The van der Waals surface area contributed by atoms with E-state index in [4.69, 9.17) is 18.3 Å². The third-order valence-corrected chi connectivity index (χ3v) is 11.6. The van der Waals surface area contributed by atoms with Crippen LogP contribution in [0.25, 0.3) is 43.9 Å². The Hall–Kier alpha value is -7.74. The molecule has 2 aromatic heterocycles. The van der Waals surface area contributed by atoms with Gasteiger partial charge in [0, 0.05) is 67.8 Å². The van der Waals surface area contributed by atoms with E-state index in [1.807, 2.05) is 78.9 Å². The summed E-state index contributed by atoms with van der Waals surface area (Å²) in [5.41, 5.74) is 9.42. The van der Waals surface area contributed by atoms with Crippen molar-refractivity contribution in [3.8, 4) is 23.0 Å². The van der Waals surface area contributed by atoms with Crippen LogP contribution in [0.2, 0.25) is 0 Å². The summed E-state index contributed by atoms with van der Waals surface area (Å²) in [7, 11) is 0. The number of furan rings is 2. The van der Waals surface area contributed by atoms with E-state index >= 15 is 0 Å². The molecule has 0 N–H and O–H groups in total. The van der Waals surface area contributed by atoms with E-state index in [0.29, 0.717) is 27.5 Å². The lowest BCUT2D eigenvalue weighted by atomic mass is 10.1. The number of fused-ring (bicyclic) bond motifs is 6. The number of halogens is 1. The van der Waals surface area contributed by atoms with Gasteiger partial charge >= 0.3 is 0 Å². The van der Waals surface area contributed by atoms with Gasteiger partial charge in [0.15, 0.2) is 0 Å². The molecule has 0 aliphatic carbocycles. The van der Waals surface area contributed by atoms with E-state index in [0.717, 1.165) is 78.0 Å². The molecule has 0 amide bonds. The number of anilines is 6. The van der Waals surface area contributed by atoms with Crippen LogP contribution < -0.4 is 19.3 Å². The van der Waals surface area contributed by atoms with Gasteiger partial charge in [-0.15, -0.1) is 0 Å². The maximum Gasteiger partial charge on any atom is 0.145 e. The van der Waals surface area contributed by atoms with Crippen molar-refractivity contribution in [1.82, 2.24) is 0 Å². The smallest absolute Gasteiger partial charge is 0.145 e. The second-order valence-electron chi connectivity index (χ2n) is 14.7. The van der Waals surface area contributed by atoms with Crippen LogP contribution >= 0.6 is 15.9 Å². The summed E-state index contributed by atoms with van der Waals surface area (Å²) in [5.74, 6) is 2.60. The zero-order valence-corrected chi connectivity index (χ0v) is 34.2. The van der Waals surface area contributed by atoms with Crippen molar-refractivity contribution in [3.05, 3.63) is 217 Å². The Morgan fingerprint density at radius 3 is 1.07 bits per heavy atom. The van der Waals surface area contributed by atoms with Crippen molar-refractivity contribution in [1.29, 1.82) is 0 Å². The highest BCUT2D eigenvalue weighted by atomic mass is 79.9. The molecule has 0 saturated heterocycles. The Labute approximate surface area is 360 Å². The van der Waals surface area contributed by atoms with Crippen LogP contribution in [-0.4, -0.2) is 0 Å². The van der Waals surface area contributed by atoms with E-state index < -0.39 is 0 Å². The Balaban J connectivity index is 0.864. The predicted octanol–water partition coefficient (Wildman–Crippen LogP) is 16.8. The summed E-state index contributed by atoms with van der Waals surface area (Å²) in [6.45, 7) is 0. The maximum atomic E-state index is 6.51. The third-order valence-electron chi connectivity index (χ3n) is 10.8. The number of hydrogen-bond acceptors (Lipinski definition) is 6. The van der Waals surface area contributed by atoms with E-state index in [9.17, 15) is 0 Å². The van der Waals surface area contributed by atoms with Crippen LogP contribution in [-0.2, 0) is 0 Å². The number of benzene rings is 9. The highest BCUT2D eigenvalue weighted by Crippen LogP contribution is 2.44. The molecule has 0 radical (unpaired) electrons. The summed E-state index contributed by atoms with van der Waals surface area (Å²) in [4.78, 5) is 4.46. The molecule has 0 saturated carbocycles. The molecule has 0 bridgehead atoms. The molecule has 61 heavy (non-hydrogen) atoms. The van der Waals surface area contributed by atoms with E-state index in [1.165, 1.54) is 0 Å². The van der Waals surface area contributed by atoms with Gasteiger partial charge in [-0.25, -0.2) is 0 Å². The lowest BCUT2D eigenvalue weighted by Crippen LogP contribution is -2.09. The first kappa shape index (κ1) is 36.3. The molecular formula is C54H35BrN2O4. The molecule has 9 aromatic carbocycles. The summed E-state index contributed by atoms with van der Waals surface area (Å²) >= 11 is 3.78. The normalized spacial score (nSPS) is 11.4. The molecule has 6 nitrogen and oxygen atoms in total. The Morgan fingerprint density at radius 2 is 0.689 bits per heavy atom. The largest absolute Gasteiger partial charge is 0.456 e. The van der Waals surface area contributed by atoms with Gasteiger partial charge < -0.3 is 28.1 Å². The Bertz CT molecular complexity index is 3030. The van der Waals surface area contributed by atoms with E-state index in [2.05, 4.69) is 159 Å². The molecule has 11 aromatic rings. The van der Waals surface area contributed by atoms with E-state index in [-0.39, 0.29) is 0 Å². The van der Waals surface area contributed by atoms with Crippen molar-refractivity contribution in [2.75, 3.05) is 9.80 Å². The van der Waals surface area contributed by atoms with Crippen LogP contribution in [0.15, 0.2) is 226 Å². The van der Waals surface area contributed by atoms with Crippen molar-refractivity contribution in [2.45, 2.75) is 0 Å². The summed E-state index contributed by atoms with van der Waals surface area (Å²) in [6.07, 6.45) is 0. The SMILES string of the molecule is Brc1c(Oc2ccc3oc4cc(N(c5ccccc5)c5ccccc5)ccc4c3c2)cccc1Oc1ccc2oc3cc(N(c4ccccc4)c4ccccc4)ccc3c2c1. The molecule has 2 heterocycles. The average molecular weight is 856 g/mol. The van der Waals surface area contributed by atoms with Gasteiger partial charge in [-0.2, -0.15) is 0 Å². The van der Waals surface area contributed by atoms with Gasteiger partial charge in [0.1, 0.15) is 49.8 Å². The fourth-order valence-corrected chi connectivity index (χ4v) is 8.43. The van der Waals surface area contributed by atoms with Crippen LogP contribution in [0.1, 0.15) is 0 Å². The number of ether oxygens (including phenoxy) is 2. The van der Waals surface area contributed by atoms with Gasteiger partial charge in [-0.3, -0.25) is 0 Å². The molecule has 7 heteroatoms. The minimum atomic E-state index is 0.622. The summed E-state index contributed by atoms with van der Waals surface area (Å²) < 4.78 is 26.5. The van der Waals surface area contributed by atoms with Gasteiger partial charge in [-0.05, 0) is 137 Å². The first-order valence-corrected chi connectivity index (χ1v) is 20.8. The van der Waals surface area contributed by atoms with Crippen LogP contribution in [0.4, 0.5) is 34.1 Å². The summed E-state index contributed by atoms with van der Waals surface area (Å²) in [5, 5.41) is 3.94. The molecule has 11 rings (SSSR count). The molecule has 0 aliphatic rings. The van der Waals surface area contributed by atoms with Crippen molar-refractivity contribution < 1.29 is 18.3 Å². The fraction of sp³-hybridized carbons (Fsp3) is 0. The molecular weight excluding hydrogens is 821 g/mol. The topological polar surface area (TPSA) is 51.2 Å². The third kappa shape index (κ3) is 6.91. The number of rotatable bonds is 10. The first-order valence-electron chi connectivity index (χ1n) is 20.0. The van der Waals surface area contributed by atoms with Gasteiger partial charge in [0.25, 0.3) is 0 Å². The van der Waals surface area contributed by atoms with Crippen molar-refractivity contribution >= 4 is 93.9 Å². The Morgan fingerprint density at radius 1 is 0.311 bits per heavy atom. The number of hydrogen-bond donors (Lipinski definition) is 0. The quantitative estimate of drug-likeness (QED) is 0.137. The molecule has 292 valence electrons. The minimum absolute atomic E-state index is 0.622. The number of para-hydroxylation sites is 4. The monoisotopic (exact) mass is 854 g/mol. The van der Waals surface area contributed by atoms with E-state index in [1.54, 1.807) is 0 Å². The average Bonchev–Trinajstić information content (AvgIpc) is 3.86. The predicted molar refractivity (Wildman–Crippen MR) is 251 cm³/mol. The van der Waals surface area contributed by atoms with Gasteiger partial charge in [-0.1, -0.05) is 78.9 Å². The molecule has 0 spiro atoms. The maximum absolute atomic E-state index is 6.51. The molecule has 0 atom stereocenters. The second-order valence-corrected chi connectivity index (χ2v) is 15.5. The zero-order chi connectivity index (χ0) is 40.7. The van der Waals surface area contributed by atoms with Crippen LogP contribution in [0, 0.1) is 0 Å². The lowest BCUT2D eigenvalue weighted by molar-refractivity contribution is 0.455. The van der Waals surface area contributed by atoms with Gasteiger partial charge in [0.2, 0.25) is 0 Å². The van der Waals surface area contributed by atoms with Crippen molar-refractivity contribution in [2.24, 2.45) is 0 Å². The van der Waals surface area contributed by atoms with Crippen LogP contribution in [0.3, 0.4) is 0 Å². The van der Waals surface area contributed by atoms with Gasteiger partial charge in [0.05, 0.1) is 0 Å². The standard InChI is InChI=1S/C54H35BrN2O4/c55-54-50(58-42-26-30-48-46(34-42)44-28-24-40(32-52(44)60-48)56(36-14-5-1-6-15-36)37-16-7-2-8-17-37)22-13-23-51(54)59-43-27-31-49-47(35-43)45-29-25-41(33-53(45)61-49)57(38-18-9-3-10-19-38)39-20-11-4-12-21-39/h1-35H. The van der Waals surface area contributed by atoms with Crippen molar-refractivity contribution in [3.63, 3.8) is 0 Å². The summed E-state index contributed by atoms with van der Waals surface area (Å²) in [6, 6.07) is 71.7. The zero-order valence-electron chi connectivity index (χ0n) is 32.6. The first-order chi connectivity index (χ1) is 30.1. The fourth-order valence-electron chi connectivity index (χ4n) is 8.00. The lowest BCUT2D eigenvalue weighted by Gasteiger charge is -2.25. The highest BCUT2D eigenvalue weighted by Gasteiger charge is 2.19. The number of nitrogens with zero attached hydrogens (tertiary/aromatic N) is 2. The molecule has 0 unspecified atom stereocenters. The highest BCUT2D eigenvalue weighted by molar-refractivity contribution is 9.10. The Kier molecular flexibility index (Phi) is 9.21. The minimum Gasteiger partial charge on any atom is -0.456 e.